The molecule has 21 heavy (non-hydrogen) atoms. The molecule has 2 aromatic rings. The Morgan fingerprint density at radius 2 is 2.33 bits per heavy atom. The predicted molar refractivity (Wildman–Crippen MR) is 80.9 cm³/mol. The quantitative estimate of drug-likeness (QED) is 0.904. The van der Waals surface area contributed by atoms with Crippen LogP contribution in [0.3, 0.4) is 0 Å². The molecule has 0 radical (unpaired) electrons. The number of nitrogens with one attached hydrogen (secondary N) is 2. The van der Waals surface area contributed by atoms with Crippen molar-refractivity contribution in [2.24, 2.45) is 5.92 Å². The van der Waals surface area contributed by atoms with Crippen molar-refractivity contribution in [1.82, 2.24) is 15.3 Å². The molecular weight excluding hydrogens is 266 g/mol. The molecule has 2 atom stereocenters. The molecule has 5 heteroatoms. The molecule has 0 saturated carbocycles. The molecule has 112 valence electrons. The van der Waals surface area contributed by atoms with E-state index >= 15 is 0 Å². The van der Waals surface area contributed by atoms with E-state index in [2.05, 4.69) is 15.3 Å². The number of imidazole rings is 1. The lowest BCUT2D eigenvalue weighted by molar-refractivity contribution is -0.133. The Bertz CT molecular complexity index is 590. The van der Waals surface area contributed by atoms with Gasteiger partial charge in [0.15, 0.2) is 0 Å². The smallest absolute Gasteiger partial charge is 0.225 e. The molecule has 1 saturated heterocycles. The Labute approximate surface area is 124 Å². The number of carbonyl (C=O) groups excluding carboxylic acids is 1. The van der Waals surface area contributed by atoms with Crippen molar-refractivity contribution in [2.75, 3.05) is 13.2 Å². The molecule has 1 aromatic heterocycles. The normalized spacial score (nSPS) is 22.3. The van der Waals surface area contributed by atoms with Gasteiger partial charge in [-0.1, -0.05) is 12.1 Å². The van der Waals surface area contributed by atoms with E-state index in [0.29, 0.717) is 13.0 Å². The number of rotatable bonds is 4. The molecule has 1 aliphatic rings. The molecule has 1 aliphatic heterocycles. The van der Waals surface area contributed by atoms with Gasteiger partial charge in [0.1, 0.15) is 5.82 Å². The van der Waals surface area contributed by atoms with Crippen LogP contribution in [0.2, 0.25) is 0 Å². The number of amides is 1. The molecule has 1 amide bonds. The largest absolute Gasteiger partial charge is 0.378 e. The number of aromatic amines is 1. The molecule has 1 aromatic carbocycles. The SMILES string of the molecule is C[C@H]1OCCC[C@@H]1C(=O)NCCc1nc2ccccc2[nH]1. The maximum absolute atomic E-state index is 12.1. The minimum atomic E-state index is -0.0191. The average Bonchev–Trinajstić information content (AvgIpc) is 2.90. The minimum Gasteiger partial charge on any atom is -0.378 e. The monoisotopic (exact) mass is 287 g/mol. The highest BCUT2D eigenvalue weighted by Crippen LogP contribution is 2.20. The van der Waals surface area contributed by atoms with Crippen LogP contribution in [0.15, 0.2) is 24.3 Å². The van der Waals surface area contributed by atoms with Crippen LogP contribution in [0.1, 0.15) is 25.6 Å². The van der Waals surface area contributed by atoms with Gasteiger partial charge in [-0.05, 0) is 31.9 Å². The first-order chi connectivity index (χ1) is 10.2. The van der Waals surface area contributed by atoms with Crippen LogP contribution in [-0.4, -0.2) is 35.1 Å². The molecule has 1 fully saturated rings. The van der Waals surface area contributed by atoms with Crippen LogP contribution in [0, 0.1) is 5.92 Å². The third-order valence-electron chi connectivity index (χ3n) is 4.04. The number of hydrogen-bond acceptors (Lipinski definition) is 3. The van der Waals surface area contributed by atoms with Crippen molar-refractivity contribution >= 4 is 16.9 Å². The number of H-pyrrole nitrogens is 1. The third-order valence-corrected chi connectivity index (χ3v) is 4.04. The number of carbonyl (C=O) groups is 1. The van der Waals surface area contributed by atoms with Crippen molar-refractivity contribution in [3.8, 4) is 0 Å². The molecule has 3 rings (SSSR count). The van der Waals surface area contributed by atoms with E-state index in [0.717, 1.165) is 36.3 Å². The third kappa shape index (κ3) is 3.24. The van der Waals surface area contributed by atoms with Crippen molar-refractivity contribution in [2.45, 2.75) is 32.3 Å². The highest BCUT2D eigenvalue weighted by molar-refractivity contribution is 5.79. The fraction of sp³-hybridized carbons (Fsp3) is 0.500. The zero-order chi connectivity index (χ0) is 14.7. The van der Waals surface area contributed by atoms with Gasteiger partial charge in [-0.3, -0.25) is 4.79 Å². The number of para-hydroxylation sites is 2. The summed E-state index contributed by atoms with van der Waals surface area (Å²) in [7, 11) is 0. The van der Waals surface area contributed by atoms with Crippen molar-refractivity contribution in [1.29, 1.82) is 0 Å². The number of ether oxygens (including phenoxy) is 1. The Hall–Kier alpha value is -1.88. The van der Waals surface area contributed by atoms with Crippen LogP contribution in [0.5, 0.6) is 0 Å². The molecule has 0 spiro atoms. The number of fused-ring (bicyclic) bond motifs is 1. The molecule has 0 aliphatic carbocycles. The van der Waals surface area contributed by atoms with E-state index in [9.17, 15) is 4.79 Å². The number of nitrogens with zero attached hydrogens (tertiary/aromatic N) is 1. The fourth-order valence-corrected chi connectivity index (χ4v) is 2.83. The number of hydrogen-bond donors (Lipinski definition) is 2. The topological polar surface area (TPSA) is 67.0 Å². The van der Waals surface area contributed by atoms with Crippen LogP contribution >= 0.6 is 0 Å². The van der Waals surface area contributed by atoms with Crippen LogP contribution < -0.4 is 5.32 Å². The van der Waals surface area contributed by atoms with Gasteiger partial charge in [-0.2, -0.15) is 0 Å². The second-order valence-electron chi connectivity index (χ2n) is 5.57. The van der Waals surface area contributed by atoms with Gasteiger partial charge >= 0.3 is 0 Å². The van der Waals surface area contributed by atoms with E-state index in [-0.39, 0.29) is 17.9 Å². The van der Waals surface area contributed by atoms with Crippen LogP contribution in [0.25, 0.3) is 11.0 Å². The number of aromatic nitrogens is 2. The zero-order valence-electron chi connectivity index (χ0n) is 12.3. The van der Waals surface area contributed by atoms with Crippen molar-refractivity contribution in [3.05, 3.63) is 30.1 Å². The second kappa shape index (κ2) is 6.26. The van der Waals surface area contributed by atoms with E-state index in [1.807, 2.05) is 31.2 Å². The molecule has 5 nitrogen and oxygen atoms in total. The summed E-state index contributed by atoms with van der Waals surface area (Å²) in [5, 5.41) is 3.00. The Balaban J connectivity index is 1.52. The summed E-state index contributed by atoms with van der Waals surface area (Å²) in [5.74, 6) is 0.983. The second-order valence-corrected chi connectivity index (χ2v) is 5.57. The van der Waals surface area contributed by atoms with Gasteiger partial charge in [0, 0.05) is 19.6 Å². The molecular formula is C16H21N3O2. The highest BCUT2D eigenvalue weighted by atomic mass is 16.5. The summed E-state index contributed by atoms with van der Waals surface area (Å²) in [6.07, 6.45) is 2.61. The molecule has 0 unspecified atom stereocenters. The standard InChI is InChI=1S/C16H21N3O2/c1-11-12(5-4-10-21-11)16(20)17-9-8-15-18-13-6-2-3-7-14(13)19-15/h2-3,6-7,11-12H,4-5,8-10H2,1H3,(H,17,20)(H,18,19)/t11-,12+/m1/s1. The Morgan fingerprint density at radius 1 is 1.48 bits per heavy atom. The van der Waals surface area contributed by atoms with Gasteiger partial charge < -0.3 is 15.0 Å². The Morgan fingerprint density at radius 3 is 3.14 bits per heavy atom. The predicted octanol–water partition coefficient (Wildman–Crippen LogP) is 2.04. The summed E-state index contributed by atoms with van der Waals surface area (Å²) >= 11 is 0. The van der Waals surface area contributed by atoms with Gasteiger partial charge in [-0.15, -0.1) is 0 Å². The van der Waals surface area contributed by atoms with E-state index in [1.165, 1.54) is 0 Å². The first-order valence-electron chi connectivity index (χ1n) is 7.57. The van der Waals surface area contributed by atoms with Crippen molar-refractivity contribution in [3.63, 3.8) is 0 Å². The van der Waals surface area contributed by atoms with Gasteiger partial charge in [-0.25, -0.2) is 4.98 Å². The highest BCUT2D eigenvalue weighted by Gasteiger charge is 2.28. The first kappa shape index (κ1) is 14.1. The maximum atomic E-state index is 12.1. The van der Waals surface area contributed by atoms with Crippen LogP contribution in [0.4, 0.5) is 0 Å². The summed E-state index contributed by atoms with van der Waals surface area (Å²) in [4.78, 5) is 19.9. The minimum absolute atomic E-state index is 0.0185. The lowest BCUT2D eigenvalue weighted by atomic mass is 9.94. The molecule has 2 N–H and O–H groups in total. The summed E-state index contributed by atoms with van der Waals surface area (Å²) in [6.45, 7) is 3.34. The summed E-state index contributed by atoms with van der Waals surface area (Å²) in [6, 6.07) is 7.94. The van der Waals surface area contributed by atoms with E-state index in [4.69, 9.17) is 4.74 Å². The van der Waals surface area contributed by atoms with Gasteiger partial charge in [0.2, 0.25) is 5.91 Å². The van der Waals surface area contributed by atoms with Crippen LogP contribution in [-0.2, 0) is 16.0 Å². The lowest BCUT2D eigenvalue weighted by Gasteiger charge is -2.27. The molecule has 2 heterocycles. The summed E-state index contributed by atoms with van der Waals surface area (Å²) in [5.41, 5.74) is 2.00. The maximum Gasteiger partial charge on any atom is 0.225 e. The van der Waals surface area contributed by atoms with E-state index in [1.54, 1.807) is 0 Å². The number of benzene rings is 1. The first-order valence-corrected chi connectivity index (χ1v) is 7.57. The lowest BCUT2D eigenvalue weighted by Crippen LogP contribution is -2.40. The zero-order valence-corrected chi connectivity index (χ0v) is 12.3. The average molecular weight is 287 g/mol. The van der Waals surface area contributed by atoms with Gasteiger partial charge in [0.25, 0.3) is 0 Å². The summed E-state index contributed by atoms with van der Waals surface area (Å²) < 4.78 is 5.54. The molecule has 0 bridgehead atoms. The van der Waals surface area contributed by atoms with E-state index < -0.39 is 0 Å². The van der Waals surface area contributed by atoms with Gasteiger partial charge in [0.05, 0.1) is 23.1 Å². The van der Waals surface area contributed by atoms with Crippen molar-refractivity contribution < 1.29 is 9.53 Å². The Kier molecular flexibility index (Phi) is 4.20. The fourth-order valence-electron chi connectivity index (χ4n) is 2.83.